The Morgan fingerprint density at radius 2 is 2.07 bits per heavy atom. The first-order valence-electron chi connectivity index (χ1n) is 4.43. The maximum absolute atomic E-state index is 12.8. The molecule has 0 saturated carbocycles. The Labute approximate surface area is 101 Å². The molecule has 1 aromatic rings. The second-order valence-electron chi connectivity index (χ2n) is 3.16. The van der Waals surface area contributed by atoms with Crippen LogP contribution in [0.15, 0.2) is 22.7 Å². The van der Waals surface area contributed by atoms with Crippen molar-refractivity contribution in [3.8, 4) is 0 Å². The van der Waals surface area contributed by atoms with E-state index >= 15 is 0 Å². The van der Waals surface area contributed by atoms with Gasteiger partial charge in [-0.3, -0.25) is 0 Å². The number of alkyl halides is 1. The Bertz CT molecular complexity index is 335. The molecule has 2 N–H and O–H groups in total. The summed E-state index contributed by atoms with van der Waals surface area (Å²) in [4.78, 5) is 0. The third-order valence-corrected chi connectivity index (χ3v) is 2.96. The fourth-order valence-corrected chi connectivity index (χ4v) is 2.03. The van der Waals surface area contributed by atoms with E-state index in [0.717, 1.165) is 0 Å². The second kappa shape index (κ2) is 5.80. The summed E-state index contributed by atoms with van der Waals surface area (Å²) >= 11 is 8.57. The van der Waals surface area contributed by atoms with Crippen molar-refractivity contribution in [3.05, 3.63) is 34.1 Å². The summed E-state index contributed by atoms with van der Waals surface area (Å²) in [5.41, 5.74) is 0.453. The number of hydrogen-bond donors (Lipinski definition) is 2. The van der Waals surface area contributed by atoms with E-state index in [4.69, 9.17) is 11.6 Å². The third-order valence-electron chi connectivity index (χ3n) is 2.05. The molecular formula is C10H11BrClFO2. The first kappa shape index (κ1) is 12.9. The van der Waals surface area contributed by atoms with Crippen LogP contribution in [0.3, 0.4) is 0 Å². The van der Waals surface area contributed by atoms with E-state index in [1.165, 1.54) is 18.2 Å². The lowest BCUT2D eigenvalue weighted by molar-refractivity contribution is 0.0165. The highest BCUT2D eigenvalue weighted by Gasteiger charge is 2.20. The van der Waals surface area contributed by atoms with Gasteiger partial charge >= 0.3 is 0 Å². The molecule has 1 rings (SSSR count). The van der Waals surface area contributed by atoms with Gasteiger partial charge in [0.1, 0.15) is 11.9 Å². The average molecular weight is 298 g/mol. The van der Waals surface area contributed by atoms with Crippen LogP contribution >= 0.6 is 27.5 Å². The van der Waals surface area contributed by atoms with E-state index in [1.54, 1.807) is 0 Å². The highest BCUT2D eigenvalue weighted by atomic mass is 79.9. The Morgan fingerprint density at radius 1 is 1.40 bits per heavy atom. The first-order valence-corrected chi connectivity index (χ1v) is 5.76. The maximum Gasteiger partial charge on any atom is 0.124 e. The maximum atomic E-state index is 12.8. The van der Waals surface area contributed by atoms with Gasteiger partial charge in [0.05, 0.1) is 6.10 Å². The largest absolute Gasteiger partial charge is 0.390 e. The molecule has 0 fully saturated rings. The summed E-state index contributed by atoms with van der Waals surface area (Å²) in [6.45, 7) is 0. The number of aliphatic hydroxyl groups is 2. The molecule has 0 aromatic heterocycles. The Kier molecular flexibility index (Phi) is 4.99. The zero-order chi connectivity index (χ0) is 11.4. The lowest BCUT2D eigenvalue weighted by Gasteiger charge is -2.18. The molecule has 84 valence electrons. The highest BCUT2D eigenvalue weighted by molar-refractivity contribution is 9.10. The van der Waals surface area contributed by atoms with Gasteiger partial charge in [-0.25, -0.2) is 4.39 Å². The first-order chi connectivity index (χ1) is 7.06. The molecule has 2 unspecified atom stereocenters. The van der Waals surface area contributed by atoms with Crippen LogP contribution in [0.4, 0.5) is 4.39 Å². The lowest BCUT2D eigenvalue weighted by Crippen LogP contribution is -2.19. The molecule has 5 heteroatoms. The van der Waals surface area contributed by atoms with Gasteiger partial charge in [-0.1, -0.05) is 22.0 Å². The van der Waals surface area contributed by atoms with Crippen molar-refractivity contribution in [1.29, 1.82) is 0 Å². The van der Waals surface area contributed by atoms with Crippen molar-refractivity contribution >= 4 is 27.5 Å². The molecule has 0 spiro atoms. The lowest BCUT2D eigenvalue weighted by atomic mass is 10.0. The van der Waals surface area contributed by atoms with Crippen molar-refractivity contribution in [2.75, 3.05) is 5.88 Å². The number of rotatable bonds is 4. The van der Waals surface area contributed by atoms with E-state index in [0.29, 0.717) is 10.0 Å². The zero-order valence-corrected chi connectivity index (χ0v) is 10.2. The summed E-state index contributed by atoms with van der Waals surface area (Å²) in [7, 11) is 0. The summed E-state index contributed by atoms with van der Waals surface area (Å²) in [5, 5.41) is 19.2. The molecule has 0 aliphatic rings. The van der Waals surface area contributed by atoms with Crippen molar-refractivity contribution in [2.24, 2.45) is 0 Å². The standard InChI is InChI=1S/C10H11BrClFO2/c11-8-5-6(13)1-2-7(8)10(15)9(14)3-4-12/h1-2,5,9-10,14-15H,3-4H2. The minimum absolute atomic E-state index is 0.261. The molecule has 0 bridgehead atoms. The smallest absolute Gasteiger partial charge is 0.124 e. The fourth-order valence-electron chi connectivity index (χ4n) is 1.22. The number of aliphatic hydroxyl groups excluding tert-OH is 2. The average Bonchev–Trinajstić information content (AvgIpc) is 2.17. The van der Waals surface area contributed by atoms with Crippen molar-refractivity contribution in [1.82, 2.24) is 0 Å². The van der Waals surface area contributed by atoms with Crippen LogP contribution in [0.5, 0.6) is 0 Å². The quantitative estimate of drug-likeness (QED) is 0.839. The molecule has 15 heavy (non-hydrogen) atoms. The van der Waals surface area contributed by atoms with Crippen molar-refractivity contribution in [3.63, 3.8) is 0 Å². The monoisotopic (exact) mass is 296 g/mol. The van der Waals surface area contributed by atoms with E-state index in [9.17, 15) is 14.6 Å². The van der Waals surface area contributed by atoms with E-state index in [2.05, 4.69) is 15.9 Å². The van der Waals surface area contributed by atoms with Gasteiger partial charge < -0.3 is 10.2 Å². The van der Waals surface area contributed by atoms with Crippen LogP contribution in [0, 0.1) is 5.82 Å². The van der Waals surface area contributed by atoms with Crippen LogP contribution in [0.25, 0.3) is 0 Å². The third kappa shape index (κ3) is 3.41. The van der Waals surface area contributed by atoms with Gasteiger partial charge in [0.2, 0.25) is 0 Å². The molecule has 2 atom stereocenters. The number of halogens is 3. The Balaban J connectivity index is 2.86. The predicted molar refractivity (Wildman–Crippen MR) is 60.4 cm³/mol. The molecule has 0 saturated heterocycles. The Hall–Kier alpha value is -0.160. The van der Waals surface area contributed by atoms with Crippen LogP contribution in [0.1, 0.15) is 18.1 Å². The summed E-state index contributed by atoms with van der Waals surface area (Å²) in [6, 6.07) is 3.91. The highest BCUT2D eigenvalue weighted by Crippen LogP contribution is 2.27. The predicted octanol–water partition coefficient (Wildman–Crippen LogP) is 2.61. The molecule has 0 aliphatic heterocycles. The SMILES string of the molecule is OC(CCCl)C(O)c1ccc(F)cc1Br. The number of hydrogen-bond acceptors (Lipinski definition) is 2. The second-order valence-corrected chi connectivity index (χ2v) is 4.39. The molecule has 0 aliphatic carbocycles. The van der Waals surface area contributed by atoms with Gasteiger partial charge in [0, 0.05) is 10.4 Å². The minimum atomic E-state index is -1.06. The van der Waals surface area contributed by atoms with Gasteiger partial charge in [0.15, 0.2) is 0 Å². The zero-order valence-electron chi connectivity index (χ0n) is 7.83. The van der Waals surface area contributed by atoms with Crippen LogP contribution < -0.4 is 0 Å². The summed E-state index contributed by atoms with van der Waals surface area (Å²) in [6.07, 6.45) is -1.71. The van der Waals surface area contributed by atoms with Gasteiger partial charge in [-0.15, -0.1) is 11.6 Å². The van der Waals surface area contributed by atoms with Gasteiger partial charge in [-0.05, 0) is 24.1 Å². The molecule has 0 amide bonds. The van der Waals surface area contributed by atoms with Crippen LogP contribution in [0.2, 0.25) is 0 Å². The van der Waals surface area contributed by atoms with Gasteiger partial charge in [0.25, 0.3) is 0 Å². The van der Waals surface area contributed by atoms with Gasteiger partial charge in [-0.2, -0.15) is 0 Å². The fraction of sp³-hybridized carbons (Fsp3) is 0.400. The molecule has 2 nitrogen and oxygen atoms in total. The van der Waals surface area contributed by atoms with E-state index in [1.807, 2.05) is 0 Å². The van der Waals surface area contributed by atoms with Crippen LogP contribution in [-0.2, 0) is 0 Å². The van der Waals surface area contributed by atoms with Crippen molar-refractivity contribution in [2.45, 2.75) is 18.6 Å². The summed E-state index contributed by atoms with van der Waals surface area (Å²) in [5.74, 6) is -0.138. The molecule has 1 aromatic carbocycles. The Morgan fingerprint density at radius 3 is 2.60 bits per heavy atom. The minimum Gasteiger partial charge on any atom is -0.390 e. The van der Waals surface area contributed by atoms with Crippen LogP contribution in [-0.4, -0.2) is 22.2 Å². The topological polar surface area (TPSA) is 40.5 Å². The summed E-state index contributed by atoms with van der Waals surface area (Å²) < 4.78 is 13.2. The molecule has 0 radical (unpaired) electrons. The normalized spacial score (nSPS) is 15.0. The van der Waals surface area contributed by atoms with E-state index < -0.39 is 18.0 Å². The van der Waals surface area contributed by atoms with E-state index in [-0.39, 0.29) is 12.3 Å². The van der Waals surface area contributed by atoms with Crippen molar-refractivity contribution < 1.29 is 14.6 Å². The number of benzene rings is 1. The molecular weight excluding hydrogens is 286 g/mol. The molecule has 0 heterocycles.